The number of hydrogen-bond donors (Lipinski definition) is 0. The molecule has 0 aromatic heterocycles. The summed E-state index contributed by atoms with van der Waals surface area (Å²) < 4.78 is 26.8. The molecule has 4 heteroatoms. The maximum absolute atomic E-state index is 10.9. The first-order valence-electron chi connectivity index (χ1n) is 4.82. The second-order valence-corrected chi connectivity index (χ2v) is 4.92. The van der Waals surface area contributed by atoms with Gasteiger partial charge >= 0.3 is 0 Å². The van der Waals surface area contributed by atoms with Crippen molar-refractivity contribution in [2.75, 3.05) is 6.26 Å². The molecule has 0 aromatic carbocycles. The van der Waals surface area contributed by atoms with Crippen molar-refractivity contribution in [1.82, 2.24) is 0 Å². The summed E-state index contributed by atoms with van der Waals surface area (Å²) in [6.07, 6.45) is 3.64. The quantitative estimate of drug-likeness (QED) is 0.628. The van der Waals surface area contributed by atoms with Crippen LogP contribution in [0.1, 0.15) is 40.0 Å². The fourth-order valence-electron chi connectivity index (χ4n) is 1.52. The summed E-state index contributed by atoms with van der Waals surface area (Å²) in [6, 6.07) is 0. The summed E-state index contributed by atoms with van der Waals surface area (Å²) in [4.78, 5) is 0. The zero-order valence-corrected chi connectivity index (χ0v) is 9.73. The maximum atomic E-state index is 10.9. The lowest BCUT2D eigenvalue weighted by Gasteiger charge is -2.22. The van der Waals surface area contributed by atoms with E-state index in [9.17, 15) is 8.42 Å². The standard InChI is InChI=1S/C9H20O3S/c1-5-8(6-2)9(7-3)12-13(4,10)11/h8-9H,5-7H2,1-4H3. The van der Waals surface area contributed by atoms with Gasteiger partial charge in [0.05, 0.1) is 12.4 Å². The predicted octanol–water partition coefficient (Wildman–Crippen LogP) is 2.18. The third-order valence-electron chi connectivity index (χ3n) is 2.28. The Labute approximate surface area is 81.6 Å². The molecule has 0 heterocycles. The van der Waals surface area contributed by atoms with E-state index in [0.29, 0.717) is 5.92 Å². The van der Waals surface area contributed by atoms with Crippen LogP contribution in [-0.4, -0.2) is 20.8 Å². The SMILES string of the molecule is CCC(CC)C(CC)OS(C)(=O)=O. The zero-order valence-electron chi connectivity index (χ0n) is 8.91. The molecule has 0 amide bonds. The van der Waals surface area contributed by atoms with Crippen molar-refractivity contribution < 1.29 is 12.6 Å². The van der Waals surface area contributed by atoms with E-state index < -0.39 is 10.1 Å². The Bertz CT molecular complexity index is 217. The molecule has 13 heavy (non-hydrogen) atoms. The molecule has 0 aliphatic heterocycles. The van der Waals surface area contributed by atoms with Crippen molar-refractivity contribution in [3.8, 4) is 0 Å². The lowest BCUT2D eigenvalue weighted by atomic mass is 9.95. The molecule has 0 bridgehead atoms. The predicted molar refractivity (Wildman–Crippen MR) is 54.1 cm³/mol. The average Bonchev–Trinajstić information content (AvgIpc) is 2.02. The molecular weight excluding hydrogens is 188 g/mol. The first-order chi connectivity index (χ1) is 5.94. The summed E-state index contributed by atoms with van der Waals surface area (Å²) in [5, 5.41) is 0. The fourth-order valence-corrected chi connectivity index (χ4v) is 2.26. The molecule has 0 saturated carbocycles. The van der Waals surface area contributed by atoms with Crippen LogP contribution in [0.4, 0.5) is 0 Å². The highest BCUT2D eigenvalue weighted by atomic mass is 32.2. The molecule has 1 unspecified atom stereocenters. The molecule has 0 spiro atoms. The van der Waals surface area contributed by atoms with Crippen LogP contribution in [0, 0.1) is 5.92 Å². The van der Waals surface area contributed by atoms with Gasteiger partial charge < -0.3 is 0 Å². The van der Waals surface area contributed by atoms with Crippen LogP contribution < -0.4 is 0 Å². The first-order valence-corrected chi connectivity index (χ1v) is 6.64. The highest BCUT2D eigenvalue weighted by Crippen LogP contribution is 2.20. The minimum atomic E-state index is -3.30. The van der Waals surface area contributed by atoms with Gasteiger partial charge in [-0.05, 0) is 12.3 Å². The third kappa shape index (κ3) is 5.26. The molecule has 3 nitrogen and oxygen atoms in total. The van der Waals surface area contributed by atoms with E-state index in [1.165, 1.54) is 0 Å². The Morgan fingerprint density at radius 3 is 1.77 bits per heavy atom. The van der Waals surface area contributed by atoms with Crippen molar-refractivity contribution in [3.63, 3.8) is 0 Å². The number of hydrogen-bond acceptors (Lipinski definition) is 3. The van der Waals surface area contributed by atoms with E-state index >= 15 is 0 Å². The van der Waals surface area contributed by atoms with Crippen molar-refractivity contribution >= 4 is 10.1 Å². The lowest BCUT2D eigenvalue weighted by Crippen LogP contribution is -2.25. The molecule has 0 fully saturated rings. The van der Waals surface area contributed by atoms with Crippen LogP contribution in [0.3, 0.4) is 0 Å². The third-order valence-corrected chi connectivity index (χ3v) is 2.87. The van der Waals surface area contributed by atoms with Gasteiger partial charge in [-0.25, -0.2) is 0 Å². The summed E-state index contributed by atoms with van der Waals surface area (Å²) in [6.45, 7) is 6.07. The monoisotopic (exact) mass is 208 g/mol. The average molecular weight is 208 g/mol. The van der Waals surface area contributed by atoms with Crippen LogP contribution in [-0.2, 0) is 14.3 Å². The Morgan fingerprint density at radius 2 is 1.54 bits per heavy atom. The maximum Gasteiger partial charge on any atom is 0.264 e. The molecule has 0 N–H and O–H groups in total. The molecule has 1 atom stereocenters. The van der Waals surface area contributed by atoms with E-state index in [0.717, 1.165) is 25.5 Å². The largest absolute Gasteiger partial charge is 0.267 e. The molecule has 0 aliphatic rings. The van der Waals surface area contributed by atoms with Crippen LogP contribution in [0.15, 0.2) is 0 Å². The molecule has 80 valence electrons. The van der Waals surface area contributed by atoms with Gasteiger partial charge in [-0.3, -0.25) is 4.18 Å². The summed E-state index contributed by atoms with van der Waals surface area (Å²) >= 11 is 0. The van der Waals surface area contributed by atoms with Crippen molar-refractivity contribution in [1.29, 1.82) is 0 Å². The van der Waals surface area contributed by atoms with E-state index in [-0.39, 0.29) is 6.10 Å². The Morgan fingerprint density at radius 1 is 1.08 bits per heavy atom. The molecule has 0 rings (SSSR count). The van der Waals surface area contributed by atoms with Crippen LogP contribution >= 0.6 is 0 Å². The smallest absolute Gasteiger partial charge is 0.264 e. The second kappa shape index (κ2) is 5.60. The molecule has 0 saturated heterocycles. The minimum Gasteiger partial charge on any atom is -0.267 e. The van der Waals surface area contributed by atoms with Gasteiger partial charge in [-0.15, -0.1) is 0 Å². The summed E-state index contributed by atoms with van der Waals surface area (Å²) in [5.41, 5.74) is 0. The minimum absolute atomic E-state index is 0.148. The Hall–Kier alpha value is -0.0900. The molecular formula is C9H20O3S. The van der Waals surface area contributed by atoms with Crippen molar-refractivity contribution in [3.05, 3.63) is 0 Å². The van der Waals surface area contributed by atoms with Crippen molar-refractivity contribution in [2.45, 2.75) is 46.1 Å². The zero-order chi connectivity index (χ0) is 10.5. The first kappa shape index (κ1) is 12.9. The molecule has 0 aliphatic carbocycles. The fraction of sp³-hybridized carbons (Fsp3) is 1.00. The summed E-state index contributed by atoms with van der Waals surface area (Å²) in [7, 11) is -3.30. The Kier molecular flexibility index (Phi) is 5.56. The van der Waals surface area contributed by atoms with Gasteiger partial charge in [0.15, 0.2) is 0 Å². The van der Waals surface area contributed by atoms with Gasteiger partial charge in [0, 0.05) is 0 Å². The van der Waals surface area contributed by atoms with Gasteiger partial charge in [0.1, 0.15) is 0 Å². The van der Waals surface area contributed by atoms with Crippen molar-refractivity contribution in [2.24, 2.45) is 5.92 Å². The highest BCUT2D eigenvalue weighted by molar-refractivity contribution is 7.86. The van der Waals surface area contributed by atoms with Crippen LogP contribution in [0.25, 0.3) is 0 Å². The van der Waals surface area contributed by atoms with Crippen LogP contribution in [0.2, 0.25) is 0 Å². The van der Waals surface area contributed by atoms with Gasteiger partial charge in [-0.2, -0.15) is 8.42 Å². The van der Waals surface area contributed by atoms with Crippen LogP contribution in [0.5, 0.6) is 0 Å². The van der Waals surface area contributed by atoms with E-state index in [1.54, 1.807) is 0 Å². The highest BCUT2D eigenvalue weighted by Gasteiger charge is 2.21. The normalized spacial score (nSPS) is 14.8. The van der Waals surface area contributed by atoms with E-state index in [2.05, 4.69) is 13.8 Å². The topological polar surface area (TPSA) is 43.4 Å². The lowest BCUT2D eigenvalue weighted by molar-refractivity contribution is 0.132. The summed E-state index contributed by atoms with van der Waals surface area (Å²) in [5.74, 6) is 0.347. The van der Waals surface area contributed by atoms with E-state index in [4.69, 9.17) is 4.18 Å². The van der Waals surface area contributed by atoms with Gasteiger partial charge in [-0.1, -0.05) is 33.6 Å². The Balaban J connectivity index is 4.32. The van der Waals surface area contributed by atoms with Gasteiger partial charge in [0.2, 0.25) is 0 Å². The molecule has 0 aromatic rings. The molecule has 0 radical (unpaired) electrons. The van der Waals surface area contributed by atoms with Gasteiger partial charge in [0.25, 0.3) is 10.1 Å². The van der Waals surface area contributed by atoms with E-state index in [1.807, 2.05) is 6.92 Å². The number of rotatable bonds is 6. The second-order valence-electron chi connectivity index (χ2n) is 3.32.